The van der Waals surface area contributed by atoms with Gasteiger partial charge in [0.2, 0.25) is 0 Å². The van der Waals surface area contributed by atoms with Crippen molar-refractivity contribution in [1.82, 2.24) is 0 Å². The van der Waals surface area contributed by atoms with Crippen LogP contribution in [0.25, 0.3) is 0 Å². The van der Waals surface area contributed by atoms with Gasteiger partial charge >= 0.3 is 24.2 Å². The number of hydrogen-bond donors (Lipinski definition) is 2. The molecule has 0 heterocycles. The van der Waals surface area contributed by atoms with E-state index in [-0.39, 0.29) is 29.8 Å². The summed E-state index contributed by atoms with van der Waals surface area (Å²) in [5.74, 6) is -3.39. The zero-order chi connectivity index (χ0) is 31.4. The highest BCUT2D eigenvalue weighted by atomic mass is 16.7. The lowest BCUT2D eigenvalue weighted by Crippen LogP contribution is -2.42. The van der Waals surface area contributed by atoms with Crippen molar-refractivity contribution < 1.29 is 48.0 Å². The van der Waals surface area contributed by atoms with Crippen LogP contribution in [0.15, 0.2) is 18.2 Å². The molecule has 1 rings (SSSR count). The molecular formula is C30H47NO10. The van der Waals surface area contributed by atoms with Crippen LogP contribution in [0.5, 0.6) is 11.5 Å². The van der Waals surface area contributed by atoms with Crippen molar-refractivity contribution in [2.75, 3.05) is 0 Å². The van der Waals surface area contributed by atoms with Crippen LogP contribution in [0.3, 0.4) is 0 Å². The Hall–Kier alpha value is -3.34. The fraction of sp³-hybridized carbons (Fsp3) is 0.667. The summed E-state index contributed by atoms with van der Waals surface area (Å²) >= 11 is 0. The van der Waals surface area contributed by atoms with E-state index in [4.69, 9.17) is 29.4 Å². The Kier molecular flexibility index (Phi) is 14.6. The molecule has 0 amide bonds. The fourth-order valence-corrected chi connectivity index (χ4v) is 3.68. The number of ether oxygens (including phenoxy) is 5. The lowest BCUT2D eigenvalue weighted by Gasteiger charge is -2.32. The van der Waals surface area contributed by atoms with Crippen molar-refractivity contribution >= 4 is 24.2 Å². The first kappa shape index (κ1) is 35.7. The van der Waals surface area contributed by atoms with Gasteiger partial charge in [-0.05, 0) is 56.7 Å². The average molecular weight is 582 g/mol. The van der Waals surface area contributed by atoms with Crippen LogP contribution < -0.4 is 15.2 Å². The number of hydrogen-bond acceptors (Lipinski definition) is 10. The summed E-state index contributed by atoms with van der Waals surface area (Å²) in [6, 6.07) is 2.84. The molecule has 0 aliphatic heterocycles. The Morgan fingerprint density at radius 3 is 1.76 bits per heavy atom. The summed E-state index contributed by atoms with van der Waals surface area (Å²) in [4.78, 5) is 49.3. The van der Waals surface area contributed by atoms with E-state index in [0.717, 1.165) is 6.42 Å². The third-order valence-corrected chi connectivity index (χ3v) is 7.21. The minimum atomic E-state index is -1.40. The highest BCUT2D eigenvalue weighted by Gasteiger charge is 2.36. The number of rotatable bonds is 15. The topological polar surface area (TPSA) is 161 Å². The SMILES string of the molecule is CCCCC(=O)OC(C)C(C)C(c1ccc(OC(=O)OC(C)C(C)C)c(OC(=O)OC(C)C(C)C)c1)[C@H](N)C(=O)O. The molecule has 0 aliphatic carbocycles. The maximum atomic E-state index is 12.6. The molecule has 11 heteroatoms. The van der Waals surface area contributed by atoms with E-state index in [0.29, 0.717) is 12.0 Å². The van der Waals surface area contributed by atoms with Crippen molar-refractivity contribution in [2.45, 2.75) is 112 Å². The van der Waals surface area contributed by atoms with Crippen LogP contribution in [0, 0.1) is 17.8 Å². The van der Waals surface area contributed by atoms with Gasteiger partial charge in [-0.3, -0.25) is 9.59 Å². The summed E-state index contributed by atoms with van der Waals surface area (Å²) in [6.45, 7) is 16.3. The second-order valence-corrected chi connectivity index (χ2v) is 11.1. The number of unbranched alkanes of at least 4 members (excludes halogenated alkanes) is 1. The van der Waals surface area contributed by atoms with E-state index in [1.807, 2.05) is 34.6 Å². The van der Waals surface area contributed by atoms with E-state index < -0.39 is 60.4 Å². The number of nitrogens with two attached hydrogens (primary N) is 1. The van der Waals surface area contributed by atoms with Gasteiger partial charge in [-0.1, -0.05) is 54.0 Å². The third kappa shape index (κ3) is 11.6. The Morgan fingerprint density at radius 2 is 1.29 bits per heavy atom. The zero-order valence-corrected chi connectivity index (χ0v) is 25.7. The second-order valence-electron chi connectivity index (χ2n) is 11.1. The molecule has 0 spiro atoms. The fourth-order valence-electron chi connectivity index (χ4n) is 3.68. The number of carbonyl (C=O) groups is 4. The van der Waals surface area contributed by atoms with Gasteiger partial charge in [0.05, 0.1) is 0 Å². The van der Waals surface area contributed by atoms with E-state index in [1.54, 1.807) is 27.7 Å². The van der Waals surface area contributed by atoms with Gasteiger partial charge in [0.1, 0.15) is 24.4 Å². The largest absolute Gasteiger partial charge is 0.514 e. The standard InChI is InChI=1S/C30H47NO10/c1-10-11-12-25(32)37-21(9)18(6)26(27(31)28(33)34)22-13-14-23(40-29(35)38-19(7)16(2)3)24(15-22)41-30(36)39-20(8)17(4)5/h13-21,26-27H,10-12,31H2,1-9H3,(H,33,34)/t18?,19?,20?,21?,26?,27-/m0/s1. The number of carboxylic acids is 1. The Balaban J connectivity index is 3.46. The predicted molar refractivity (Wildman–Crippen MR) is 152 cm³/mol. The Morgan fingerprint density at radius 1 is 0.780 bits per heavy atom. The molecule has 0 radical (unpaired) electrons. The molecular weight excluding hydrogens is 534 g/mol. The van der Waals surface area contributed by atoms with Gasteiger partial charge in [0, 0.05) is 18.3 Å². The number of carbonyl (C=O) groups excluding carboxylic acids is 3. The lowest BCUT2D eigenvalue weighted by molar-refractivity contribution is -0.151. The van der Waals surface area contributed by atoms with E-state index in [2.05, 4.69) is 0 Å². The van der Waals surface area contributed by atoms with Gasteiger partial charge in [0.25, 0.3) is 0 Å². The first-order valence-electron chi connectivity index (χ1n) is 14.2. The molecule has 1 aromatic rings. The summed E-state index contributed by atoms with van der Waals surface area (Å²) in [6.07, 6.45) is -1.90. The molecule has 0 saturated carbocycles. The molecule has 0 fully saturated rings. The molecule has 1 aromatic carbocycles. The van der Waals surface area contributed by atoms with Crippen molar-refractivity contribution in [3.63, 3.8) is 0 Å². The van der Waals surface area contributed by atoms with Gasteiger partial charge in [-0.2, -0.15) is 0 Å². The number of benzene rings is 1. The highest BCUT2D eigenvalue weighted by Crippen LogP contribution is 2.37. The molecule has 0 bridgehead atoms. The Bertz CT molecular complexity index is 1020. The van der Waals surface area contributed by atoms with Crippen LogP contribution in [0.1, 0.15) is 93.1 Å². The van der Waals surface area contributed by atoms with Gasteiger partial charge < -0.3 is 34.5 Å². The van der Waals surface area contributed by atoms with Gasteiger partial charge in [-0.15, -0.1) is 0 Å². The van der Waals surface area contributed by atoms with E-state index in [9.17, 15) is 24.3 Å². The first-order chi connectivity index (χ1) is 19.1. The van der Waals surface area contributed by atoms with Gasteiger partial charge in [0.15, 0.2) is 11.5 Å². The minimum absolute atomic E-state index is 0.0115. The number of esters is 1. The monoisotopic (exact) mass is 581 g/mol. The lowest BCUT2D eigenvalue weighted by atomic mass is 9.79. The molecule has 6 atom stereocenters. The Labute approximate surface area is 243 Å². The summed E-state index contributed by atoms with van der Waals surface area (Å²) in [5.41, 5.74) is 6.48. The molecule has 232 valence electrons. The predicted octanol–water partition coefficient (Wildman–Crippen LogP) is 6.06. The molecule has 41 heavy (non-hydrogen) atoms. The number of aliphatic carboxylic acids is 1. The van der Waals surface area contributed by atoms with Crippen molar-refractivity contribution in [3.8, 4) is 11.5 Å². The molecule has 0 saturated heterocycles. The first-order valence-corrected chi connectivity index (χ1v) is 14.2. The molecule has 3 N–H and O–H groups in total. The van der Waals surface area contributed by atoms with Crippen molar-refractivity contribution in [1.29, 1.82) is 0 Å². The minimum Gasteiger partial charge on any atom is -0.480 e. The molecule has 0 aromatic heterocycles. The average Bonchev–Trinajstić information content (AvgIpc) is 2.88. The number of carboxylic acid groups (broad SMARTS) is 1. The smallest absolute Gasteiger partial charge is 0.480 e. The summed E-state index contributed by atoms with van der Waals surface area (Å²) in [5, 5.41) is 9.79. The molecule has 5 unspecified atom stereocenters. The van der Waals surface area contributed by atoms with Crippen LogP contribution in [0.4, 0.5) is 9.59 Å². The van der Waals surface area contributed by atoms with Crippen molar-refractivity contribution in [3.05, 3.63) is 23.8 Å². The summed E-state index contributed by atoms with van der Waals surface area (Å²) in [7, 11) is 0. The van der Waals surface area contributed by atoms with Crippen molar-refractivity contribution in [2.24, 2.45) is 23.5 Å². The van der Waals surface area contributed by atoms with Crippen LogP contribution >= 0.6 is 0 Å². The zero-order valence-electron chi connectivity index (χ0n) is 25.7. The summed E-state index contributed by atoms with van der Waals surface area (Å²) < 4.78 is 26.9. The van der Waals surface area contributed by atoms with Gasteiger partial charge in [-0.25, -0.2) is 9.59 Å². The quantitative estimate of drug-likeness (QED) is 0.141. The molecule has 11 nitrogen and oxygen atoms in total. The third-order valence-electron chi connectivity index (χ3n) is 7.21. The second kappa shape index (κ2) is 16.8. The van der Waals surface area contributed by atoms with E-state index >= 15 is 0 Å². The maximum absolute atomic E-state index is 12.6. The van der Waals surface area contributed by atoms with E-state index in [1.165, 1.54) is 18.2 Å². The normalized spacial score (nSPS) is 15.7. The maximum Gasteiger partial charge on any atom is 0.514 e. The van der Waals surface area contributed by atoms with Crippen LogP contribution in [0.2, 0.25) is 0 Å². The molecule has 0 aliphatic rings. The highest BCUT2D eigenvalue weighted by molar-refractivity contribution is 5.75. The van der Waals surface area contributed by atoms with Crippen LogP contribution in [-0.4, -0.2) is 53.7 Å². The van der Waals surface area contributed by atoms with Crippen LogP contribution in [-0.2, 0) is 23.8 Å².